The van der Waals surface area contributed by atoms with Gasteiger partial charge in [0.25, 0.3) is 5.91 Å². The number of hydrogen-bond acceptors (Lipinski definition) is 3. The molecule has 1 saturated heterocycles. The van der Waals surface area contributed by atoms with E-state index in [9.17, 15) is 4.79 Å². The van der Waals surface area contributed by atoms with Crippen LogP contribution in [0.1, 0.15) is 34.1 Å². The summed E-state index contributed by atoms with van der Waals surface area (Å²) in [6, 6.07) is 4.28. The number of thiophene rings is 2. The minimum Gasteiger partial charge on any atom is -0.331 e. The van der Waals surface area contributed by atoms with Crippen molar-refractivity contribution in [3.05, 3.63) is 41.6 Å². The standard InChI is InChI=1S/C13H11Br2NOS2/c14-9-6-11(19-12(9)15)13(17)16-4-1-2-10(16)8-3-5-18-7-8/h3,5-7,10H,1-2,4H2. The van der Waals surface area contributed by atoms with E-state index in [1.165, 1.54) is 16.9 Å². The SMILES string of the molecule is O=C(c1cc(Br)c(Br)s1)N1CCCC1c1ccsc1. The minimum atomic E-state index is 0.144. The lowest BCUT2D eigenvalue weighted by molar-refractivity contribution is 0.0741. The molecule has 6 heteroatoms. The third-order valence-corrected chi connectivity index (χ3v) is 7.24. The second kappa shape index (κ2) is 5.68. The van der Waals surface area contributed by atoms with Gasteiger partial charge in [-0.25, -0.2) is 0 Å². The lowest BCUT2D eigenvalue weighted by Gasteiger charge is -2.23. The van der Waals surface area contributed by atoms with E-state index >= 15 is 0 Å². The fraction of sp³-hybridized carbons (Fsp3) is 0.308. The molecule has 1 fully saturated rings. The maximum atomic E-state index is 12.6. The van der Waals surface area contributed by atoms with Crippen LogP contribution in [0.4, 0.5) is 0 Å². The molecule has 2 aromatic heterocycles. The fourth-order valence-electron chi connectivity index (χ4n) is 2.41. The van der Waals surface area contributed by atoms with Crippen LogP contribution in [0.25, 0.3) is 0 Å². The van der Waals surface area contributed by atoms with Crippen molar-refractivity contribution in [2.75, 3.05) is 6.54 Å². The van der Waals surface area contributed by atoms with Crippen LogP contribution in [0, 0.1) is 0 Å². The monoisotopic (exact) mass is 419 g/mol. The Morgan fingerprint density at radius 2 is 2.26 bits per heavy atom. The highest BCUT2D eigenvalue weighted by Gasteiger charge is 2.31. The zero-order valence-electron chi connectivity index (χ0n) is 9.94. The lowest BCUT2D eigenvalue weighted by Crippen LogP contribution is -2.29. The molecular weight excluding hydrogens is 410 g/mol. The maximum absolute atomic E-state index is 12.6. The molecule has 0 N–H and O–H groups in total. The molecule has 3 heterocycles. The number of nitrogens with zero attached hydrogens (tertiary/aromatic N) is 1. The average Bonchev–Trinajstić information content (AvgIpc) is 3.09. The second-order valence-corrected chi connectivity index (χ2v) is 8.45. The van der Waals surface area contributed by atoms with Crippen LogP contribution >= 0.6 is 54.5 Å². The van der Waals surface area contributed by atoms with Crippen molar-refractivity contribution in [3.8, 4) is 0 Å². The van der Waals surface area contributed by atoms with Gasteiger partial charge in [0.15, 0.2) is 0 Å². The van der Waals surface area contributed by atoms with Gasteiger partial charge in [0.05, 0.1) is 14.7 Å². The van der Waals surface area contributed by atoms with Crippen LogP contribution in [-0.2, 0) is 0 Å². The highest BCUT2D eigenvalue weighted by Crippen LogP contribution is 2.37. The summed E-state index contributed by atoms with van der Waals surface area (Å²) in [5.41, 5.74) is 1.27. The Bertz CT molecular complexity index is 574. The number of halogens is 2. The predicted octanol–water partition coefficient (Wildman–Crippen LogP) is 5.31. The summed E-state index contributed by atoms with van der Waals surface area (Å²) < 4.78 is 1.93. The third kappa shape index (κ3) is 2.68. The largest absolute Gasteiger partial charge is 0.331 e. The van der Waals surface area contributed by atoms with Gasteiger partial charge in [0.2, 0.25) is 0 Å². The molecule has 2 nitrogen and oxygen atoms in total. The molecule has 1 unspecified atom stereocenters. The number of likely N-dealkylation sites (tertiary alicyclic amines) is 1. The molecule has 19 heavy (non-hydrogen) atoms. The Morgan fingerprint density at radius 3 is 2.89 bits per heavy atom. The molecule has 1 aliphatic rings. The number of carbonyl (C=O) groups excluding carboxylic acids is 1. The van der Waals surface area contributed by atoms with Crippen molar-refractivity contribution < 1.29 is 4.79 Å². The number of carbonyl (C=O) groups is 1. The Hall–Kier alpha value is -0.170. The van der Waals surface area contributed by atoms with Gasteiger partial charge in [-0.3, -0.25) is 4.79 Å². The lowest BCUT2D eigenvalue weighted by atomic mass is 10.1. The quantitative estimate of drug-likeness (QED) is 0.644. The smallest absolute Gasteiger partial charge is 0.264 e. The van der Waals surface area contributed by atoms with Crippen LogP contribution in [0.3, 0.4) is 0 Å². The molecule has 0 saturated carbocycles. The molecule has 100 valence electrons. The Labute approximate surface area is 136 Å². The minimum absolute atomic E-state index is 0.144. The zero-order chi connectivity index (χ0) is 13.4. The van der Waals surface area contributed by atoms with Gasteiger partial charge in [0.1, 0.15) is 0 Å². The summed E-state index contributed by atoms with van der Waals surface area (Å²) in [5.74, 6) is 0.144. The first kappa shape index (κ1) is 13.8. The van der Waals surface area contributed by atoms with Gasteiger partial charge >= 0.3 is 0 Å². The normalized spacial score (nSPS) is 19.1. The summed E-state index contributed by atoms with van der Waals surface area (Å²) in [4.78, 5) is 15.4. The summed E-state index contributed by atoms with van der Waals surface area (Å²) >= 11 is 10.1. The van der Waals surface area contributed by atoms with Crippen molar-refractivity contribution in [1.29, 1.82) is 0 Å². The van der Waals surface area contributed by atoms with Gasteiger partial charge in [-0.15, -0.1) is 11.3 Å². The van der Waals surface area contributed by atoms with E-state index in [0.717, 1.165) is 32.5 Å². The first-order chi connectivity index (χ1) is 9.16. The first-order valence-corrected chi connectivity index (χ1v) is 9.29. The van der Waals surface area contributed by atoms with E-state index in [-0.39, 0.29) is 11.9 Å². The molecule has 1 aliphatic heterocycles. The second-order valence-electron chi connectivity index (χ2n) is 4.45. The Balaban J connectivity index is 1.86. The molecule has 1 amide bonds. The van der Waals surface area contributed by atoms with Gasteiger partial charge < -0.3 is 4.90 Å². The van der Waals surface area contributed by atoms with Crippen LogP contribution < -0.4 is 0 Å². The first-order valence-electron chi connectivity index (χ1n) is 5.94. The molecule has 0 aromatic carbocycles. The summed E-state index contributed by atoms with van der Waals surface area (Å²) in [7, 11) is 0. The summed E-state index contributed by atoms with van der Waals surface area (Å²) in [6.45, 7) is 0.854. The number of hydrogen-bond donors (Lipinski definition) is 0. The highest BCUT2D eigenvalue weighted by atomic mass is 79.9. The van der Waals surface area contributed by atoms with E-state index in [4.69, 9.17) is 0 Å². The van der Waals surface area contributed by atoms with Crippen LogP contribution in [0.2, 0.25) is 0 Å². The highest BCUT2D eigenvalue weighted by molar-refractivity contribution is 9.13. The summed E-state index contributed by atoms with van der Waals surface area (Å²) in [5, 5.41) is 4.23. The van der Waals surface area contributed by atoms with Crippen LogP contribution in [0.15, 0.2) is 31.2 Å². The third-order valence-electron chi connectivity index (χ3n) is 3.30. The molecule has 2 aromatic rings. The molecule has 0 bridgehead atoms. The van der Waals surface area contributed by atoms with Crippen molar-refractivity contribution in [1.82, 2.24) is 4.90 Å². The molecule has 1 atom stereocenters. The van der Waals surface area contributed by atoms with E-state index in [0.29, 0.717) is 0 Å². The number of amides is 1. The average molecular weight is 421 g/mol. The molecular formula is C13H11Br2NOS2. The molecule has 3 rings (SSSR count). The predicted molar refractivity (Wildman–Crippen MR) is 87.0 cm³/mol. The Morgan fingerprint density at radius 1 is 1.42 bits per heavy atom. The fourth-order valence-corrected chi connectivity index (χ4v) is 5.11. The van der Waals surface area contributed by atoms with Gasteiger partial charge in [-0.05, 0) is 73.2 Å². The van der Waals surface area contributed by atoms with Gasteiger partial charge in [-0.2, -0.15) is 11.3 Å². The molecule has 0 spiro atoms. The van der Waals surface area contributed by atoms with E-state index in [2.05, 4.69) is 48.7 Å². The zero-order valence-corrected chi connectivity index (χ0v) is 14.7. The van der Waals surface area contributed by atoms with Gasteiger partial charge in [0, 0.05) is 11.0 Å². The van der Waals surface area contributed by atoms with E-state index < -0.39 is 0 Å². The van der Waals surface area contributed by atoms with E-state index in [1.807, 2.05) is 11.0 Å². The van der Waals surface area contributed by atoms with Crippen molar-refractivity contribution in [2.24, 2.45) is 0 Å². The van der Waals surface area contributed by atoms with Crippen molar-refractivity contribution in [3.63, 3.8) is 0 Å². The van der Waals surface area contributed by atoms with Crippen molar-refractivity contribution in [2.45, 2.75) is 18.9 Å². The molecule has 0 radical (unpaired) electrons. The topological polar surface area (TPSA) is 20.3 Å². The van der Waals surface area contributed by atoms with Gasteiger partial charge in [-0.1, -0.05) is 0 Å². The number of rotatable bonds is 2. The van der Waals surface area contributed by atoms with Crippen molar-refractivity contribution >= 4 is 60.4 Å². The molecule has 0 aliphatic carbocycles. The summed E-state index contributed by atoms with van der Waals surface area (Å²) in [6.07, 6.45) is 2.15. The van der Waals surface area contributed by atoms with Crippen LogP contribution in [-0.4, -0.2) is 17.4 Å². The maximum Gasteiger partial charge on any atom is 0.264 e. The van der Waals surface area contributed by atoms with Crippen LogP contribution in [0.5, 0.6) is 0 Å². The van der Waals surface area contributed by atoms with E-state index in [1.54, 1.807) is 11.3 Å². The Kier molecular flexibility index (Phi) is 4.12.